The molecular formula is C18H20FN5. The number of nitrogens with zero attached hydrogens (tertiary/aromatic N) is 3. The van der Waals surface area contributed by atoms with Crippen molar-refractivity contribution in [3.05, 3.63) is 65.7 Å². The molecular weight excluding hydrogens is 305 g/mol. The van der Waals surface area contributed by atoms with Gasteiger partial charge in [0.1, 0.15) is 5.82 Å². The molecule has 3 aromatic rings. The SMILES string of the molecule is CC(c1ccc(-c2ccccc2)c(F)c1)c1nc(N)n(CCN)n1. The predicted octanol–water partition coefficient (Wildman–Crippen LogP) is 2.78. The second-order valence-corrected chi connectivity index (χ2v) is 5.67. The molecule has 5 nitrogen and oxygen atoms in total. The largest absolute Gasteiger partial charge is 0.368 e. The lowest BCUT2D eigenvalue weighted by molar-refractivity contribution is 0.614. The molecule has 124 valence electrons. The van der Waals surface area contributed by atoms with E-state index in [2.05, 4.69) is 10.1 Å². The molecule has 2 aromatic carbocycles. The highest BCUT2D eigenvalue weighted by Gasteiger charge is 2.17. The van der Waals surface area contributed by atoms with E-state index in [1.54, 1.807) is 10.7 Å². The number of halogens is 1. The van der Waals surface area contributed by atoms with Crippen molar-refractivity contribution < 1.29 is 4.39 Å². The van der Waals surface area contributed by atoms with Gasteiger partial charge >= 0.3 is 0 Å². The van der Waals surface area contributed by atoms with E-state index < -0.39 is 0 Å². The molecule has 6 heteroatoms. The van der Waals surface area contributed by atoms with E-state index in [0.717, 1.165) is 11.1 Å². The van der Waals surface area contributed by atoms with Crippen LogP contribution in [-0.2, 0) is 6.54 Å². The molecule has 0 aliphatic carbocycles. The second kappa shape index (κ2) is 6.80. The van der Waals surface area contributed by atoms with Crippen LogP contribution < -0.4 is 11.5 Å². The Morgan fingerprint density at radius 2 is 1.92 bits per heavy atom. The van der Waals surface area contributed by atoms with Gasteiger partial charge in [0.15, 0.2) is 5.82 Å². The number of anilines is 1. The highest BCUT2D eigenvalue weighted by atomic mass is 19.1. The van der Waals surface area contributed by atoms with Gasteiger partial charge in [0, 0.05) is 18.0 Å². The zero-order valence-corrected chi connectivity index (χ0v) is 13.5. The fraction of sp³-hybridized carbons (Fsp3) is 0.222. The maximum Gasteiger partial charge on any atom is 0.218 e. The van der Waals surface area contributed by atoms with Crippen LogP contribution in [0.3, 0.4) is 0 Å². The topological polar surface area (TPSA) is 82.8 Å². The van der Waals surface area contributed by atoms with Crippen LogP contribution in [0.1, 0.15) is 24.2 Å². The van der Waals surface area contributed by atoms with E-state index in [4.69, 9.17) is 11.5 Å². The zero-order chi connectivity index (χ0) is 17.1. The van der Waals surface area contributed by atoms with Crippen LogP contribution in [0.5, 0.6) is 0 Å². The van der Waals surface area contributed by atoms with Gasteiger partial charge in [-0.05, 0) is 17.2 Å². The predicted molar refractivity (Wildman–Crippen MR) is 92.8 cm³/mol. The minimum atomic E-state index is -0.264. The van der Waals surface area contributed by atoms with Crippen LogP contribution in [0.15, 0.2) is 48.5 Å². The number of hydrogen-bond donors (Lipinski definition) is 2. The number of benzene rings is 2. The van der Waals surface area contributed by atoms with Crippen LogP contribution >= 0.6 is 0 Å². The first kappa shape index (κ1) is 16.1. The Bertz CT molecular complexity index is 829. The van der Waals surface area contributed by atoms with Crippen LogP contribution in [0, 0.1) is 5.82 Å². The minimum absolute atomic E-state index is 0.161. The Kier molecular flexibility index (Phi) is 4.57. The lowest BCUT2D eigenvalue weighted by atomic mass is 9.96. The third-order valence-corrected chi connectivity index (χ3v) is 4.02. The van der Waals surface area contributed by atoms with Gasteiger partial charge in [0.25, 0.3) is 0 Å². The molecule has 1 heterocycles. The molecule has 4 N–H and O–H groups in total. The smallest absolute Gasteiger partial charge is 0.218 e. The summed E-state index contributed by atoms with van der Waals surface area (Å²) in [5, 5.41) is 4.36. The summed E-state index contributed by atoms with van der Waals surface area (Å²) in [5.74, 6) is 0.460. The first-order valence-corrected chi connectivity index (χ1v) is 7.85. The molecule has 3 rings (SSSR count). The summed E-state index contributed by atoms with van der Waals surface area (Å²) in [6, 6.07) is 14.7. The molecule has 0 saturated carbocycles. The lowest BCUT2D eigenvalue weighted by Gasteiger charge is -2.10. The van der Waals surface area contributed by atoms with Gasteiger partial charge < -0.3 is 11.5 Å². The van der Waals surface area contributed by atoms with E-state index in [1.807, 2.05) is 43.3 Å². The summed E-state index contributed by atoms with van der Waals surface area (Å²) in [7, 11) is 0. The van der Waals surface area contributed by atoms with Crippen molar-refractivity contribution in [2.45, 2.75) is 19.4 Å². The fourth-order valence-corrected chi connectivity index (χ4v) is 2.64. The van der Waals surface area contributed by atoms with Gasteiger partial charge in [0.2, 0.25) is 5.95 Å². The first-order valence-electron chi connectivity index (χ1n) is 7.85. The average Bonchev–Trinajstić information content (AvgIpc) is 2.96. The molecule has 1 unspecified atom stereocenters. The van der Waals surface area contributed by atoms with Crippen molar-refractivity contribution in [2.75, 3.05) is 12.3 Å². The van der Waals surface area contributed by atoms with Gasteiger partial charge in [-0.1, -0.05) is 49.4 Å². The number of nitrogen functional groups attached to an aromatic ring is 1. The molecule has 0 amide bonds. The summed E-state index contributed by atoms with van der Waals surface area (Å²) in [6.45, 7) is 2.87. The Balaban J connectivity index is 1.90. The normalized spacial score (nSPS) is 12.3. The molecule has 0 saturated heterocycles. The summed E-state index contributed by atoms with van der Waals surface area (Å²) in [5.41, 5.74) is 13.6. The third kappa shape index (κ3) is 3.14. The molecule has 0 bridgehead atoms. The summed E-state index contributed by atoms with van der Waals surface area (Å²) in [6.07, 6.45) is 0. The summed E-state index contributed by atoms with van der Waals surface area (Å²) in [4.78, 5) is 4.27. The maximum atomic E-state index is 14.5. The van der Waals surface area contributed by atoms with Gasteiger partial charge in [-0.25, -0.2) is 9.07 Å². The van der Waals surface area contributed by atoms with Crippen LogP contribution in [0.25, 0.3) is 11.1 Å². The van der Waals surface area contributed by atoms with Crippen molar-refractivity contribution in [3.8, 4) is 11.1 Å². The van der Waals surface area contributed by atoms with Crippen LogP contribution in [-0.4, -0.2) is 21.3 Å². The van der Waals surface area contributed by atoms with Gasteiger partial charge in [0.05, 0.1) is 6.54 Å². The molecule has 1 aromatic heterocycles. The van der Waals surface area contributed by atoms with Crippen molar-refractivity contribution in [1.29, 1.82) is 0 Å². The number of rotatable bonds is 5. The van der Waals surface area contributed by atoms with E-state index in [0.29, 0.717) is 30.4 Å². The lowest BCUT2D eigenvalue weighted by Crippen LogP contribution is -2.13. The van der Waals surface area contributed by atoms with Crippen LogP contribution in [0.2, 0.25) is 0 Å². The monoisotopic (exact) mass is 325 g/mol. The molecule has 0 fully saturated rings. The Morgan fingerprint density at radius 3 is 2.58 bits per heavy atom. The molecule has 0 spiro atoms. The number of nitrogens with two attached hydrogens (primary N) is 2. The van der Waals surface area contributed by atoms with Gasteiger partial charge in [-0.15, -0.1) is 0 Å². The molecule has 24 heavy (non-hydrogen) atoms. The minimum Gasteiger partial charge on any atom is -0.368 e. The first-order chi connectivity index (χ1) is 11.6. The van der Waals surface area contributed by atoms with Crippen molar-refractivity contribution in [1.82, 2.24) is 14.8 Å². The molecule has 0 aliphatic rings. The Hall–Kier alpha value is -2.73. The molecule has 0 aliphatic heterocycles. The van der Waals surface area contributed by atoms with Crippen LogP contribution in [0.4, 0.5) is 10.3 Å². The van der Waals surface area contributed by atoms with Crippen molar-refractivity contribution in [3.63, 3.8) is 0 Å². The van der Waals surface area contributed by atoms with Crippen molar-refractivity contribution in [2.24, 2.45) is 5.73 Å². The highest BCUT2D eigenvalue weighted by molar-refractivity contribution is 5.64. The summed E-state index contributed by atoms with van der Waals surface area (Å²) >= 11 is 0. The number of aromatic nitrogens is 3. The van der Waals surface area contributed by atoms with E-state index in [-0.39, 0.29) is 11.7 Å². The third-order valence-electron chi connectivity index (χ3n) is 4.02. The van der Waals surface area contributed by atoms with E-state index in [1.165, 1.54) is 6.07 Å². The summed E-state index contributed by atoms with van der Waals surface area (Å²) < 4.78 is 16.1. The van der Waals surface area contributed by atoms with Gasteiger partial charge in [-0.2, -0.15) is 10.1 Å². The average molecular weight is 325 g/mol. The second-order valence-electron chi connectivity index (χ2n) is 5.67. The molecule has 0 radical (unpaired) electrons. The zero-order valence-electron chi connectivity index (χ0n) is 13.5. The van der Waals surface area contributed by atoms with E-state index >= 15 is 0 Å². The maximum absolute atomic E-state index is 14.5. The fourth-order valence-electron chi connectivity index (χ4n) is 2.64. The standard InChI is InChI=1S/C18H20FN5/c1-12(17-22-18(21)24(23-17)10-9-20)14-7-8-15(16(19)11-14)13-5-3-2-4-6-13/h2-8,11-12H,9-10,20H2,1H3,(H2,21,22,23). The Labute approximate surface area is 140 Å². The highest BCUT2D eigenvalue weighted by Crippen LogP contribution is 2.28. The van der Waals surface area contributed by atoms with E-state index in [9.17, 15) is 4.39 Å². The number of hydrogen-bond acceptors (Lipinski definition) is 4. The molecule has 1 atom stereocenters. The Morgan fingerprint density at radius 1 is 1.17 bits per heavy atom. The van der Waals surface area contributed by atoms with Crippen molar-refractivity contribution >= 4 is 5.95 Å². The quantitative estimate of drug-likeness (QED) is 0.755. The van der Waals surface area contributed by atoms with Gasteiger partial charge in [-0.3, -0.25) is 0 Å².